The third kappa shape index (κ3) is 7.10. The second kappa shape index (κ2) is 12.2. The van der Waals surface area contributed by atoms with Gasteiger partial charge in [-0.05, 0) is 74.3 Å². The van der Waals surface area contributed by atoms with Crippen LogP contribution in [0.25, 0.3) is 0 Å². The number of hydrogen-bond acceptors (Lipinski definition) is 6. The summed E-state index contributed by atoms with van der Waals surface area (Å²) in [6, 6.07) is 4.03. The molecule has 2 aliphatic rings. The molecule has 4 N–H and O–H groups in total. The van der Waals surface area contributed by atoms with Crippen LogP contribution in [-0.4, -0.2) is 58.6 Å². The summed E-state index contributed by atoms with van der Waals surface area (Å²) in [4.78, 5) is 70.3. The van der Waals surface area contributed by atoms with E-state index in [1.807, 2.05) is 0 Å². The van der Waals surface area contributed by atoms with E-state index in [-0.39, 0.29) is 65.7 Å². The molecule has 10 heteroatoms. The van der Waals surface area contributed by atoms with Crippen LogP contribution in [0.1, 0.15) is 64.8 Å². The molecule has 0 saturated heterocycles. The molecule has 1 aromatic carbocycles. The van der Waals surface area contributed by atoms with Crippen LogP contribution in [0.2, 0.25) is 0 Å². The maximum atomic E-state index is 12.4. The largest absolute Gasteiger partial charge is 0.478 e. The number of hydrogen-bond donors (Lipinski definition) is 4. The number of benzene rings is 1. The molecule has 0 heterocycles. The van der Waals surface area contributed by atoms with Crippen molar-refractivity contribution in [2.45, 2.75) is 44.9 Å². The number of aromatic carboxylic acids is 2. The minimum absolute atomic E-state index is 0.0713. The Hall–Kier alpha value is -3.82. The molecule has 2 amide bonds. The average Bonchev–Trinajstić information content (AvgIpc) is 3.18. The molecular weight excluding hydrogens is 468 g/mol. The Balaban J connectivity index is 1.34. The lowest BCUT2D eigenvalue weighted by Crippen LogP contribution is -2.37. The fourth-order valence-corrected chi connectivity index (χ4v) is 4.65. The Bertz CT molecular complexity index is 1070. The topological polar surface area (TPSA) is 167 Å². The summed E-state index contributed by atoms with van der Waals surface area (Å²) in [5.74, 6) is -3.87. The molecular formula is C26H30N2O8. The zero-order chi connectivity index (χ0) is 26.2. The van der Waals surface area contributed by atoms with E-state index in [1.165, 1.54) is 30.4 Å². The lowest BCUT2D eigenvalue weighted by atomic mass is 9.81. The molecule has 1 fully saturated rings. The van der Waals surface area contributed by atoms with Gasteiger partial charge in [0.25, 0.3) is 0 Å². The highest BCUT2D eigenvalue weighted by Gasteiger charge is 2.29. The highest BCUT2D eigenvalue weighted by molar-refractivity contribution is 6.18. The van der Waals surface area contributed by atoms with Crippen molar-refractivity contribution < 1.29 is 39.0 Å². The van der Waals surface area contributed by atoms with Crippen molar-refractivity contribution in [3.05, 3.63) is 47.0 Å². The molecule has 10 nitrogen and oxygen atoms in total. The Morgan fingerprint density at radius 1 is 0.861 bits per heavy atom. The zero-order valence-corrected chi connectivity index (χ0v) is 19.8. The minimum Gasteiger partial charge on any atom is -0.478 e. The van der Waals surface area contributed by atoms with Crippen LogP contribution in [0.3, 0.4) is 0 Å². The number of ketones is 2. The molecule has 0 unspecified atom stereocenters. The fourth-order valence-electron chi connectivity index (χ4n) is 4.65. The molecule has 192 valence electrons. The lowest BCUT2D eigenvalue weighted by Gasteiger charge is -2.28. The van der Waals surface area contributed by atoms with Crippen molar-refractivity contribution in [1.29, 1.82) is 0 Å². The zero-order valence-electron chi connectivity index (χ0n) is 19.8. The highest BCUT2D eigenvalue weighted by Crippen LogP contribution is 2.28. The summed E-state index contributed by atoms with van der Waals surface area (Å²) >= 11 is 0. The van der Waals surface area contributed by atoms with Crippen molar-refractivity contribution >= 4 is 35.3 Å². The van der Waals surface area contributed by atoms with E-state index in [0.29, 0.717) is 31.4 Å². The standard InChI is InChI=1S/C26H30N2O8/c29-21-8-9-22(30)19(21)11-12-27-24(32)17-5-1-16(2-6-17)14-28-23(31)10-4-15-3-7-18(25(33)34)20(13-15)26(35)36/h3,7-9,13,16-17,19H,1-2,4-6,10-12,14H2,(H,27,32)(H,28,31)(H,33,34)(H,35,36)/t16-,17-. The van der Waals surface area contributed by atoms with Crippen LogP contribution >= 0.6 is 0 Å². The normalized spacial score (nSPS) is 19.8. The van der Waals surface area contributed by atoms with Gasteiger partial charge in [0.15, 0.2) is 11.6 Å². The smallest absolute Gasteiger partial charge is 0.336 e. The summed E-state index contributed by atoms with van der Waals surface area (Å²) in [5, 5.41) is 24.0. The van der Waals surface area contributed by atoms with Crippen LogP contribution < -0.4 is 10.6 Å². The van der Waals surface area contributed by atoms with E-state index in [4.69, 9.17) is 5.11 Å². The first-order valence-electron chi connectivity index (χ1n) is 12.1. The van der Waals surface area contributed by atoms with Gasteiger partial charge in [0.05, 0.1) is 17.0 Å². The van der Waals surface area contributed by atoms with Gasteiger partial charge in [0.1, 0.15) is 0 Å². The van der Waals surface area contributed by atoms with Crippen LogP contribution in [-0.2, 0) is 25.6 Å². The molecule has 0 spiro atoms. The van der Waals surface area contributed by atoms with Crippen LogP contribution in [0, 0.1) is 17.8 Å². The van der Waals surface area contributed by atoms with E-state index in [0.717, 1.165) is 12.8 Å². The van der Waals surface area contributed by atoms with Gasteiger partial charge in [-0.2, -0.15) is 0 Å². The van der Waals surface area contributed by atoms with Gasteiger partial charge in [-0.25, -0.2) is 9.59 Å². The van der Waals surface area contributed by atoms with E-state index < -0.39 is 17.9 Å². The van der Waals surface area contributed by atoms with Gasteiger partial charge in [-0.1, -0.05) is 6.07 Å². The SMILES string of the molecule is O=C(CCc1ccc(C(=O)O)c(C(=O)O)c1)NC[C@H]1CC[C@H](C(=O)NCCC2C(=O)C=CC2=O)CC1. The van der Waals surface area contributed by atoms with E-state index in [9.17, 15) is 33.9 Å². The Morgan fingerprint density at radius 2 is 1.50 bits per heavy atom. The molecule has 0 atom stereocenters. The fraction of sp³-hybridized carbons (Fsp3) is 0.462. The van der Waals surface area contributed by atoms with Gasteiger partial charge < -0.3 is 20.8 Å². The van der Waals surface area contributed by atoms with Gasteiger partial charge in [0, 0.05) is 25.4 Å². The summed E-state index contributed by atoms with van der Waals surface area (Å²) < 4.78 is 0. The number of amides is 2. The Kier molecular flexibility index (Phi) is 9.10. The van der Waals surface area contributed by atoms with Gasteiger partial charge >= 0.3 is 11.9 Å². The number of carbonyl (C=O) groups excluding carboxylic acids is 4. The summed E-state index contributed by atoms with van der Waals surface area (Å²) in [6.45, 7) is 0.774. The number of allylic oxidation sites excluding steroid dienone is 2. The number of carboxylic acids is 2. The number of carboxylic acid groups (broad SMARTS) is 2. The minimum atomic E-state index is -1.33. The van der Waals surface area contributed by atoms with Crippen LogP contribution in [0.4, 0.5) is 0 Å². The van der Waals surface area contributed by atoms with Crippen molar-refractivity contribution in [1.82, 2.24) is 10.6 Å². The average molecular weight is 499 g/mol. The monoisotopic (exact) mass is 498 g/mol. The number of rotatable bonds is 11. The predicted octanol–water partition coefficient (Wildman–Crippen LogP) is 1.77. The summed E-state index contributed by atoms with van der Waals surface area (Å²) in [7, 11) is 0. The second-order valence-corrected chi connectivity index (χ2v) is 9.28. The van der Waals surface area contributed by atoms with Crippen molar-refractivity contribution in [3.8, 4) is 0 Å². The van der Waals surface area contributed by atoms with Gasteiger partial charge in [0.2, 0.25) is 11.8 Å². The van der Waals surface area contributed by atoms with Crippen molar-refractivity contribution in [2.75, 3.05) is 13.1 Å². The third-order valence-corrected chi connectivity index (χ3v) is 6.82. The predicted molar refractivity (Wildman–Crippen MR) is 127 cm³/mol. The summed E-state index contributed by atoms with van der Waals surface area (Å²) in [6.07, 6.45) is 6.27. The van der Waals surface area contributed by atoms with Gasteiger partial charge in [-0.15, -0.1) is 0 Å². The molecule has 0 bridgehead atoms. The molecule has 0 radical (unpaired) electrons. The lowest BCUT2D eigenvalue weighted by molar-refractivity contribution is -0.128. The van der Waals surface area contributed by atoms with E-state index in [2.05, 4.69) is 10.6 Å². The Labute approximate surface area is 208 Å². The molecule has 1 aromatic rings. The van der Waals surface area contributed by atoms with Gasteiger partial charge in [-0.3, -0.25) is 19.2 Å². The maximum Gasteiger partial charge on any atom is 0.336 e. The molecule has 1 saturated carbocycles. The molecule has 36 heavy (non-hydrogen) atoms. The Morgan fingerprint density at radius 3 is 2.11 bits per heavy atom. The van der Waals surface area contributed by atoms with Crippen molar-refractivity contribution in [3.63, 3.8) is 0 Å². The third-order valence-electron chi connectivity index (χ3n) is 6.82. The first-order chi connectivity index (χ1) is 17.2. The van der Waals surface area contributed by atoms with E-state index in [1.54, 1.807) is 0 Å². The highest BCUT2D eigenvalue weighted by atomic mass is 16.4. The maximum absolute atomic E-state index is 12.4. The quantitative estimate of drug-likeness (QED) is 0.335. The van der Waals surface area contributed by atoms with Crippen LogP contribution in [0.15, 0.2) is 30.4 Å². The number of carbonyl (C=O) groups is 6. The molecule has 3 rings (SSSR count). The number of nitrogens with one attached hydrogen (secondary N) is 2. The molecule has 0 aliphatic heterocycles. The van der Waals surface area contributed by atoms with Crippen molar-refractivity contribution in [2.24, 2.45) is 17.8 Å². The molecule has 0 aromatic heterocycles. The second-order valence-electron chi connectivity index (χ2n) is 9.28. The van der Waals surface area contributed by atoms with E-state index >= 15 is 0 Å². The summed E-state index contributed by atoms with van der Waals surface area (Å²) in [5.41, 5.74) is -0.0352. The first-order valence-corrected chi connectivity index (χ1v) is 12.1. The molecule has 2 aliphatic carbocycles. The van der Waals surface area contributed by atoms with Crippen LogP contribution in [0.5, 0.6) is 0 Å². The number of aryl methyl sites for hydroxylation is 1. The first kappa shape index (κ1) is 26.8.